The molecule has 0 saturated heterocycles. The zero-order valence-corrected chi connectivity index (χ0v) is 14.2. The number of hydrogen-bond acceptors (Lipinski definition) is 2. The molecule has 0 aliphatic rings. The van der Waals surface area contributed by atoms with E-state index in [0.29, 0.717) is 22.2 Å². The second-order valence-electron chi connectivity index (χ2n) is 5.80. The highest BCUT2D eigenvalue weighted by atomic mass is 28.4. The molecule has 2 unspecified atom stereocenters. The first-order chi connectivity index (χ1) is 8.23. The van der Waals surface area contributed by atoms with Crippen molar-refractivity contribution in [2.75, 3.05) is 0 Å². The van der Waals surface area contributed by atoms with E-state index in [1.807, 2.05) is 0 Å². The Kier molecular flexibility index (Phi) is 6.90. The predicted molar refractivity (Wildman–Crippen MR) is 81.2 cm³/mol. The van der Waals surface area contributed by atoms with Gasteiger partial charge < -0.3 is 4.43 Å². The van der Waals surface area contributed by atoms with Crippen LogP contribution >= 0.6 is 0 Å². The molecule has 0 rings (SSSR count). The smallest absolute Gasteiger partial charge is 0.319 e. The molecule has 3 heteroatoms. The summed E-state index contributed by atoms with van der Waals surface area (Å²) in [7, 11) is -2.12. The van der Waals surface area contributed by atoms with Crippen LogP contribution in [0.15, 0.2) is 12.2 Å². The summed E-state index contributed by atoms with van der Waals surface area (Å²) in [5, 5.41) is 0. The van der Waals surface area contributed by atoms with Crippen LogP contribution < -0.4 is 0 Å². The van der Waals surface area contributed by atoms with Gasteiger partial charge in [-0.15, -0.1) is 0 Å². The molecule has 0 aromatic heterocycles. The van der Waals surface area contributed by atoms with Gasteiger partial charge in [-0.3, -0.25) is 0 Å². The molecule has 0 aliphatic heterocycles. The van der Waals surface area contributed by atoms with Gasteiger partial charge in [0.05, 0.1) is 0 Å². The third kappa shape index (κ3) is 3.47. The molecule has 0 aromatic rings. The van der Waals surface area contributed by atoms with Crippen molar-refractivity contribution in [1.29, 1.82) is 0 Å². The minimum Gasteiger partial charge on any atom is -0.515 e. The van der Waals surface area contributed by atoms with Gasteiger partial charge in [0.15, 0.2) is 0 Å². The first kappa shape index (κ1) is 17.4. The van der Waals surface area contributed by atoms with Gasteiger partial charge >= 0.3 is 5.97 Å². The van der Waals surface area contributed by atoms with E-state index >= 15 is 0 Å². The monoisotopic (exact) mass is 270 g/mol. The fraction of sp³-hybridized carbons (Fsp3) is 0.800. The lowest BCUT2D eigenvalue weighted by Crippen LogP contribution is -2.50. The fourth-order valence-corrected chi connectivity index (χ4v) is 8.49. The maximum absolute atomic E-state index is 12.0. The average Bonchev–Trinajstić information content (AvgIpc) is 2.32. The van der Waals surface area contributed by atoms with E-state index in [0.717, 1.165) is 12.8 Å². The van der Waals surface area contributed by atoms with Crippen LogP contribution in [-0.4, -0.2) is 14.3 Å². The summed E-state index contributed by atoms with van der Waals surface area (Å²) in [5.41, 5.74) is 1.91. The van der Waals surface area contributed by atoms with Crippen LogP contribution in [0.25, 0.3) is 0 Å². The Bertz CT molecular complexity index is 287. The molecule has 0 saturated carbocycles. The SMILES string of the molecule is C=C(C)C(=O)O[Si](C(C)C)(C(C)CC)C(C)CC. The van der Waals surface area contributed by atoms with Crippen LogP contribution in [0.4, 0.5) is 0 Å². The number of carbonyl (C=O) groups is 1. The normalized spacial score (nSPS) is 18.0. The topological polar surface area (TPSA) is 26.3 Å². The molecule has 2 atom stereocenters. The fourth-order valence-electron chi connectivity index (χ4n) is 2.83. The van der Waals surface area contributed by atoms with Gasteiger partial charge in [0.1, 0.15) is 0 Å². The standard InChI is InChI=1S/C15H30O2Si/c1-9-13(7)18(12(5)6,14(8)10-2)17-15(16)11(3)4/h12-14H,3,9-10H2,1-2,4-8H3. The van der Waals surface area contributed by atoms with E-state index < -0.39 is 8.32 Å². The van der Waals surface area contributed by atoms with E-state index in [2.05, 4.69) is 48.1 Å². The van der Waals surface area contributed by atoms with Gasteiger partial charge in [0.25, 0.3) is 8.32 Å². The zero-order chi connectivity index (χ0) is 14.5. The maximum Gasteiger partial charge on any atom is 0.319 e. The van der Waals surface area contributed by atoms with Crippen LogP contribution in [0.2, 0.25) is 16.6 Å². The quantitative estimate of drug-likeness (QED) is 0.477. The molecule has 0 N–H and O–H groups in total. The highest BCUT2D eigenvalue weighted by molar-refractivity contribution is 6.79. The summed E-state index contributed by atoms with van der Waals surface area (Å²) in [6.07, 6.45) is 2.14. The van der Waals surface area contributed by atoms with Crippen molar-refractivity contribution in [3.8, 4) is 0 Å². The molecule has 0 aliphatic carbocycles. The molecule has 2 nitrogen and oxygen atoms in total. The molecule has 0 amide bonds. The third-order valence-electron chi connectivity index (χ3n) is 4.29. The van der Waals surface area contributed by atoms with Crippen molar-refractivity contribution in [3.05, 3.63) is 12.2 Å². The molecular weight excluding hydrogens is 240 g/mol. The third-order valence-corrected chi connectivity index (χ3v) is 10.5. The Hall–Kier alpha value is -0.573. The lowest BCUT2D eigenvalue weighted by Gasteiger charge is -2.43. The van der Waals surface area contributed by atoms with Gasteiger partial charge in [-0.2, -0.15) is 0 Å². The van der Waals surface area contributed by atoms with E-state index in [4.69, 9.17) is 4.43 Å². The number of carbonyl (C=O) groups excluding carboxylic acids is 1. The van der Waals surface area contributed by atoms with Gasteiger partial charge in [0, 0.05) is 5.57 Å². The van der Waals surface area contributed by atoms with E-state index in [1.165, 1.54) is 0 Å². The number of hydrogen-bond donors (Lipinski definition) is 0. The molecule has 0 bridgehead atoms. The first-order valence-corrected chi connectivity index (χ1v) is 9.26. The Morgan fingerprint density at radius 1 is 1.11 bits per heavy atom. The molecule has 0 radical (unpaired) electrons. The van der Waals surface area contributed by atoms with Gasteiger partial charge in [0.2, 0.25) is 0 Å². The molecule has 106 valence electrons. The highest BCUT2D eigenvalue weighted by Crippen LogP contribution is 2.45. The first-order valence-electron chi connectivity index (χ1n) is 7.12. The van der Waals surface area contributed by atoms with Crippen molar-refractivity contribution in [1.82, 2.24) is 0 Å². The Labute approximate surface area is 114 Å². The van der Waals surface area contributed by atoms with E-state index in [9.17, 15) is 4.79 Å². The minimum absolute atomic E-state index is 0.198. The average molecular weight is 270 g/mol. The second kappa shape index (κ2) is 7.12. The lowest BCUT2D eigenvalue weighted by atomic mass is 10.3. The Morgan fingerprint density at radius 3 is 1.72 bits per heavy atom. The minimum atomic E-state index is -2.12. The molecule has 0 spiro atoms. The van der Waals surface area contributed by atoms with Crippen molar-refractivity contribution in [2.45, 2.75) is 77.9 Å². The summed E-state index contributed by atoms with van der Waals surface area (Å²) in [6, 6.07) is 0. The predicted octanol–water partition coefficient (Wildman–Crippen LogP) is 5.06. The summed E-state index contributed by atoms with van der Waals surface area (Å²) in [4.78, 5) is 12.0. The van der Waals surface area contributed by atoms with Crippen molar-refractivity contribution in [3.63, 3.8) is 0 Å². The van der Waals surface area contributed by atoms with E-state index in [1.54, 1.807) is 6.92 Å². The maximum atomic E-state index is 12.0. The Balaban J connectivity index is 5.47. The Morgan fingerprint density at radius 2 is 1.50 bits per heavy atom. The molecule has 0 fully saturated rings. The van der Waals surface area contributed by atoms with E-state index in [-0.39, 0.29) is 5.97 Å². The van der Waals surface area contributed by atoms with Gasteiger partial charge in [-0.25, -0.2) is 4.79 Å². The highest BCUT2D eigenvalue weighted by Gasteiger charge is 2.50. The van der Waals surface area contributed by atoms with Gasteiger partial charge in [-0.05, 0) is 23.5 Å². The molecule has 18 heavy (non-hydrogen) atoms. The van der Waals surface area contributed by atoms with Crippen LogP contribution in [-0.2, 0) is 9.22 Å². The van der Waals surface area contributed by atoms with Crippen molar-refractivity contribution < 1.29 is 9.22 Å². The summed E-state index contributed by atoms with van der Waals surface area (Å²) >= 11 is 0. The number of rotatable bonds is 7. The lowest BCUT2D eigenvalue weighted by molar-refractivity contribution is -0.131. The summed E-state index contributed by atoms with van der Waals surface area (Å²) in [5.74, 6) is -0.198. The van der Waals surface area contributed by atoms with Crippen LogP contribution in [0.1, 0.15) is 61.3 Å². The van der Waals surface area contributed by atoms with Gasteiger partial charge in [-0.1, -0.05) is 61.0 Å². The second-order valence-corrected chi connectivity index (χ2v) is 10.8. The van der Waals surface area contributed by atoms with Crippen LogP contribution in [0.5, 0.6) is 0 Å². The summed E-state index contributed by atoms with van der Waals surface area (Å²) < 4.78 is 6.07. The summed E-state index contributed by atoms with van der Waals surface area (Å²) in [6.45, 7) is 18.7. The van der Waals surface area contributed by atoms with Crippen molar-refractivity contribution in [2.24, 2.45) is 0 Å². The molecule has 0 heterocycles. The van der Waals surface area contributed by atoms with Crippen LogP contribution in [0.3, 0.4) is 0 Å². The van der Waals surface area contributed by atoms with Crippen molar-refractivity contribution >= 4 is 14.3 Å². The molecular formula is C15H30O2Si. The zero-order valence-electron chi connectivity index (χ0n) is 13.2. The van der Waals surface area contributed by atoms with Crippen LogP contribution in [0, 0.1) is 0 Å². The largest absolute Gasteiger partial charge is 0.515 e. The molecule has 0 aromatic carbocycles.